The van der Waals surface area contributed by atoms with Crippen LogP contribution in [-0.4, -0.2) is 35.9 Å². The van der Waals surface area contributed by atoms with Crippen molar-refractivity contribution in [1.82, 2.24) is 0 Å². The van der Waals surface area contributed by atoms with Crippen LogP contribution in [0.2, 0.25) is 0 Å². The van der Waals surface area contributed by atoms with Gasteiger partial charge in [0, 0.05) is 6.07 Å². The van der Waals surface area contributed by atoms with E-state index in [-0.39, 0.29) is 17.2 Å². The van der Waals surface area contributed by atoms with E-state index < -0.39 is 48.5 Å². The minimum atomic E-state index is -5.85. The monoisotopic (exact) mass is 435 g/mol. The van der Waals surface area contributed by atoms with Gasteiger partial charge in [-0.2, -0.15) is 13.2 Å². The number of alkyl halides is 3. The van der Waals surface area contributed by atoms with E-state index in [1.807, 2.05) is 0 Å². The van der Waals surface area contributed by atoms with E-state index in [9.17, 15) is 41.3 Å². The van der Waals surface area contributed by atoms with E-state index >= 15 is 0 Å². The van der Waals surface area contributed by atoms with E-state index in [1.165, 1.54) is 0 Å². The highest BCUT2D eigenvalue weighted by molar-refractivity contribution is 7.92. The highest BCUT2D eigenvalue weighted by Crippen LogP contribution is 2.35. The van der Waals surface area contributed by atoms with Gasteiger partial charge < -0.3 is 5.11 Å². The van der Waals surface area contributed by atoms with Crippen LogP contribution in [0.5, 0.6) is 5.75 Å². The number of hydrogen-bond donors (Lipinski definition) is 1. The standard InChI is InChI=1S/C15H8F3NO9S/c16-15(17,18)29(25,26)10-5-6-12(11(7-10)19(23)24)27-28-14(22)9-3-1-8(2-4-9)13(20)21/h1-7H,(H,20,21). The van der Waals surface area contributed by atoms with Crippen LogP contribution in [0.25, 0.3) is 0 Å². The Morgan fingerprint density at radius 3 is 2.07 bits per heavy atom. The number of halogens is 3. The highest BCUT2D eigenvalue weighted by Gasteiger charge is 2.47. The Kier molecular flexibility index (Phi) is 5.77. The number of hydrogen-bond acceptors (Lipinski definition) is 8. The lowest BCUT2D eigenvalue weighted by Crippen LogP contribution is -2.23. The molecule has 0 heterocycles. The number of sulfone groups is 1. The lowest BCUT2D eigenvalue weighted by molar-refractivity contribution is -0.387. The Bertz CT molecular complexity index is 1080. The second-order valence-corrected chi connectivity index (χ2v) is 7.11. The van der Waals surface area contributed by atoms with Crippen molar-refractivity contribution in [2.24, 2.45) is 0 Å². The molecule has 2 aromatic carbocycles. The molecule has 0 atom stereocenters. The molecule has 0 saturated carbocycles. The largest absolute Gasteiger partial charge is 0.501 e. The minimum absolute atomic E-state index is 0.105. The summed E-state index contributed by atoms with van der Waals surface area (Å²) in [5.41, 5.74) is -7.23. The number of nitro benzene ring substituents is 1. The first-order chi connectivity index (χ1) is 13.3. The molecule has 1 N–H and O–H groups in total. The number of carbonyl (C=O) groups excluding carboxylic acids is 1. The summed E-state index contributed by atoms with van der Waals surface area (Å²) in [5.74, 6) is -3.31. The summed E-state index contributed by atoms with van der Waals surface area (Å²) in [7, 11) is -5.85. The predicted molar refractivity (Wildman–Crippen MR) is 85.8 cm³/mol. The number of nitro groups is 1. The molecule has 14 heteroatoms. The number of rotatable bonds is 6. The molecule has 0 fully saturated rings. The zero-order chi connectivity index (χ0) is 22.0. The van der Waals surface area contributed by atoms with E-state index in [4.69, 9.17) is 5.11 Å². The summed E-state index contributed by atoms with van der Waals surface area (Å²) < 4.78 is 60.4. The van der Waals surface area contributed by atoms with Gasteiger partial charge in [-0.25, -0.2) is 22.9 Å². The highest BCUT2D eigenvalue weighted by atomic mass is 32.2. The average Bonchev–Trinajstić information content (AvgIpc) is 2.64. The lowest BCUT2D eigenvalue weighted by Gasteiger charge is -2.09. The summed E-state index contributed by atoms with van der Waals surface area (Å²) in [6, 6.07) is 5.26. The Morgan fingerprint density at radius 2 is 1.59 bits per heavy atom. The van der Waals surface area contributed by atoms with E-state index in [1.54, 1.807) is 0 Å². The molecule has 0 saturated heterocycles. The van der Waals surface area contributed by atoms with Gasteiger partial charge in [-0.1, -0.05) is 0 Å². The minimum Gasteiger partial charge on any atom is -0.478 e. The Hall–Kier alpha value is -3.68. The molecule has 0 aliphatic heterocycles. The summed E-state index contributed by atoms with van der Waals surface area (Å²) in [5, 5.41) is 19.8. The molecule has 0 bridgehead atoms. The molecular weight excluding hydrogens is 427 g/mol. The quantitative estimate of drug-likeness (QED) is 0.410. The van der Waals surface area contributed by atoms with Crippen LogP contribution in [0.15, 0.2) is 47.4 Å². The van der Waals surface area contributed by atoms with Gasteiger partial charge in [-0.05, 0) is 36.4 Å². The Balaban J connectivity index is 2.25. The zero-order valence-corrected chi connectivity index (χ0v) is 14.6. The molecule has 0 amide bonds. The van der Waals surface area contributed by atoms with Crippen LogP contribution >= 0.6 is 0 Å². The molecule has 0 aliphatic rings. The number of aromatic carboxylic acids is 1. The summed E-state index contributed by atoms with van der Waals surface area (Å²) in [6.07, 6.45) is 0. The van der Waals surface area contributed by atoms with Gasteiger partial charge in [-0.3, -0.25) is 15.0 Å². The molecule has 29 heavy (non-hydrogen) atoms. The van der Waals surface area contributed by atoms with Gasteiger partial charge in [-0.15, -0.1) is 0 Å². The third kappa shape index (κ3) is 4.60. The predicted octanol–water partition coefficient (Wildman–Crippen LogP) is 2.74. The van der Waals surface area contributed by atoms with Crippen molar-refractivity contribution in [1.29, 1.82) is 0 Å². The van der Waals surface area contributed by atoms with Crippen LogP contribution in [0.3, 0.4) is 0 Å². The Morgan fingerprint density at radius 1 is 1.03 bits per heavy atom. The number of nitrogens with zero attached hydrogens (tertiary/aromatic N) is 1. The second-order valence-electron chi connectivity index (χ2n) is 5.17. The molecule has 0 aromatic heterocycles. The maximum absolute atomic E-state index is 12.6. The van der Waals surface area contributed by atoms with Gasteiger partial charge in [0.1, 0.15) is 0 Å². The summed E-state index contributed by atoms with van der Waals surface area (Å²) in [4.78, 5) is 39.7. The number of carboxylic acid groups (broad SMARTS) is 1. The maximum atomic E-state index is 12.6. The normalized spacial score (nSPS) is 11.6. The van der Waals surface area contributed by atoms with Crippen molar-refractivity contribution >= 4 is 27.5 Å². The van der Waals surface area contributed by atoms with Gasteiger partial charge >= 0.3 is 23.1 Å². The maximum Gasteiger partial charge on any atom is 0.501 e. The fourth-order valence-electron chi connectivity index (χ4n) is 1.89. The van der Waals surface area contributed by atoms with E-state index in [0.717, 1.165) is 24.3 Å². The first kappa shape index (κ1) is 21.6. The smallest absolute Gasteiger partial charge is 0.478 e. The summed E-state index contributed by atoms with van der Waals surface area (Å²) in [6.45, 7) is 0. The SMILES string of the molecule is O=C(O)c1ccc(C(=O)OOc2ccc(S(=O)(=O)C(F)(F)F)cc2[N+](=O)[O-])cc1. The fourth-order valence-corrected chi connectivity index (χ4v) is 2.67. The molecule has 0 unspecified atom stereocenters. The lowest BCUT2D eigenvalue weighted by atomic mass is 10.1. The molecule has 2 rings (SSSR count). The van der Waals surface area contributed by atoms with Crippen LogP contribution in [0.1, 0.15) is 20.7 Å². The van der Waals surface area contributed by atoms with Gasteiger partial charge in [0.25, 0.3) is 15.6 Å². The van der Waals surface area contributed by atoms with Gasteiger partial charge in [0.05, 0.1) is 20.9 Å². The van der Waals surface area contributed by atoms with Crippen molar-refractivity contribution in [2.45, 2.75) is 10.4 Å². The molecule has 2 aromatic rings. The molecule has 154 valence electrons. The van der Waals surface area contributed by atoms with Crippen LogP contribution in [0.4, 0.5) is 18.9 Å². The average molecular weight is 435 g/mol. The number of benzene rings is 2. The molecule has 0 spiro atoms. The molecule has 0 radical (unpaired) electrons. The molecular formula is C15H8F3NO9S. The van der Waals surface area contributed by atoms with E-state index in [2.05, 4.69) is 9.78 Å². The number of carboxylic acids is 1. The van der Waals surface area contributed by atoms with Crippen molar-refractivity contribution in [2.75, 3.05) is 0 Å². The van der Waals surface area contributed by atoms with Crippen LogP contribution < -0.4 is 4.89 Å². The molecule has 10 nitrogen and oxygen atoms in total. The number of carbonyl (C=O) groups is 2. The van der Waals surface area contributed by atoms with E-state index in [0.29, 0.717) is 12.1 Å². The topological polar surface area (TPSA) is 150 Å². The van der Waals surface area contributed by atoms with Crippen LogP contribution in [0, 0.1) is 10.1 Å². The van der Waals surface area contributed by atoms with Gasteiger partial charge in [0.15, 0.2) is 0 Å². The third-order valence-electron chi connectivity index (χ3n) is 3.32. The first-order valence-corrected chi connectivity index (χ1v) is 8.65. The summed E-state index contributed by atoms with van der Waals surface area (Å²) >= 11 is 0. The van der Waals surface area contributed by atoms with Crippen molar-refractivity contribution in [3.8, 4) is 5.75 Å². The van der Waals surface area contributed by atoms with Crippen molar-refractivity contribution in [3.05, 3.63) is 63.7 Å². The first-order valence-electron chi connectivity index (χ1n) is 7.16. The second kappa shape index (κ2) is 7.75. The zero-order valence-electron chi connectivity index (χ0n) is 13.7. The van der Waals surface area contributed by atoms with Crippen LogP contribution in [-0.2, 0) is 14.7 Å². The Labute approximate surface area is 159 Å². The van der Waals surface area contributed by atoms with Gasteiger partial charge in [0.2, 0.25) is 0 Å². The fraction of sp³-hybridized carbons (Fsp3) is 0.0667. The third-order valence-corrected chi connectivity index (χ3v) is 4.80. The van der Waals surface area contributed by atoms with Crippen molar-refractivity contribution < 1.29 is 51.0 Å². The van der Waals surface area contributed by atoms with Crippen molar-refractivity contribution in [3.63, 3.8) is 0 Å². The molecule has 0 aliphatic carbocycles.